The van der Waals surface area contributed by atoms with E-state index in [1.54, 1.807) is 0 Å². The van der Waals surface area contributed by atoms with Gasteiger partial charge in [0.2, 0.25) is 0 Å². The number of hydrogen-bond donors (Lipinski definition) is 1. The number of rotatable bonds is 2. The Morgan fingerprint density at radius 2 is 2.17 bits per heavy atom. The van der Waals surface area contributed by atoms with E-state index in [0.29, 0.717) is 12.1 Å². The average Bonchev–Trinajstić information content (AvgIpc) is 2.78. The van der Waals surface area contributed by atoms with Crippen molar-refractivity contribution >= 4 is 11.6 Å². The van der Waals surface area contributed by atoms with Gasteiger partial charge in [0.25, 0.3) is 0 Å². The minimum atomic E-state index is -0.0900. The summed E-state index contributed by atoms with van der Waals surface area (Å²) in [5, 5.41) is 13.8. The molecule has 2 nitrogen and oxygen atoms in total. The van der Waals surface area contributed by atoms with E-state index in [1.807, 2.05) is 18.2 Å². The topological polar surface area (TPSA) is 35.8 Å². The third-order valence-corrected chi connectivity index (χ3v) is 4.77. The van der Waals surface area contributed by atoms with Gasteiger partial charge in [0, 0.05) is 17.1 Å². The van der Waals surface area contributed by atoms with E-state index in [0.717, 1.165) is 30.7 Å². The molecule has 1 aromatic carbocycles. The molecule has 1 aliphatic heterocycles. The van der Waals surface area contributed by atoms with Gasteiger partial charge in [0.15, 0.2) is 0 Å². The second-order valence-electron chi connectivity index (χ2n) is 5.53. The van der Waals surface area contributed by atoms with Gasteiger partial charge in [0.1, 0.15) is 0 Å². The predicted octanol–water partition coefficient (Wildman–Crippen LogP) is 3.83. The van der Waals surface area contributed by atoms with E-state index in [9.17, 15) is 5.26 Å². The molecule has 2 atom stereocenters. The predicted molar refractivity (Wildman–Crippen MR) is 72.2 cm³/mol. The SMILES string of the molecule is N#CC1(C2CC[C@@H](c3cccc(Cl)c3)N2)CCC1. The Labute approximate surface area is 113 Å². The molecule has 1 N–H and O–H groups in total. The van der Waals surface area contributed by atoms with E-state index in [-0.39, 0.29) is 5.41 Å². The maximum Gasteiger partial charge on any atom is 0.0727 e. The van der Waals surface area contributed by atoms with Crippen LogP contribution >= 0.6 is 11.6 Å². The molecule has 1 aromatic rings. The fourth-order valence-corrected chi connectivity index (χ4v) is 3.46. The van der Waals surface area contributed by atoms with Crippen molar-refractivity contribution in [3.05, 3.63) is 34.9 Å². The van der Waals surface area contributed by atoms with Gasteiger partial charge in [0.05, 0.1) is 11.5 Å². The van der Waals surface area contributed by atoms with E-state index in [2.05, 4.69) is 17.5 Å². The largest absolute Gasteiger partial charge is 0.306 e. The summed E-state index contributed by atoms with van der Waals surface area (Å²) in [6.07, 6.45) is 5.53. The lowest BCUT2D eigenvalue weighted by Gasteiger charge is -2.40. The van der Waals surface area contributed by atoms with Crippen molar-refractivity contribution in [3.63, 3.8) is 0 Å². The Kier molecular flexibility index (Phi) is 3.05. The Balaban J connectivity index is 1.74. The van der Waals surface area contributed by atoms with Crippen LogP contribution in [0.1, 0.15) is 43.7 Å². The molecule has 1 unspecified atom stereocenters. The van der Waals surface area contributed by atoms with Gasteiger partial charge in [-0.3, -0.25) is 0 Å². The van der Waals surface area contributed by atoms with Crippen LogP contribution in [0.4, 0.5) is 0 Å². The summed E-state index contributed by atoms with van der Waals surface area (Å²) < 4.78 is 0. The maximum absolute atomic E-state index is 9.39. The highest BCUT2D eigenvalue weighted by Crippen LogP contribution is 2.48. The molecule has 1 aliphatic carbocycles. The number of hydrogen-bond acceptors (Lipinski definition) is 2. The fraction of sp³-hybridized carbons (Fsp3) is 0.533. The monoisotopic (exact) mass is 260 g/mol. The molecule has 3 rings (SSSR count). The molecule has 0 aromatic heterocycles. The molecule has 0 bridgehead atoms. The molecule has 1 heterocycles. The van der Waals surface area contributed by atoms with Crippen LogP contribution < -0.4 is 5.32 Å². The third kappa shape index (κ3) is 1.92. The maximum atomic E-state index is 9.39. The summed E-state index contributed by atoms with van der Waals surface area (Å²) in [4.78, 5) is 0. The lowest BCUT2D eigenvalue weighted by atomic mass is 9.65. The summed E-state index contributed by atoms with van der Waals surface area (Å²) in [5.41, 5.74) is 1.16. The molecule has 3 heteroatoms. The molecule has 18 heavy (non-hydrogen) atoms. The number of halogens is 1. The highest BCUT2D eigenvalue weighted by molar-refractivity contribution is 6.30. The lowest BCUT2D eigenvalue weighted by Crippen LogP contribution is -2.45. The standard InChI is InChI=1S/C15H17ClN2/c16-12-4-1-3-11(9-12)13-5-6-14(18-13)15(10-17)7-2-8-15/h1,3-4,9,13-14,18H,2,5-8H2/t13-,14?/m0/s1. The van der Waals surface area contributed by atoms with Crippen molar-refractivity contribution in [2.24, 2.45) is 5.41 Å². The van der Waals surface area contributed by atoms with Gasteiger partial charge < -0.3 is 5.32 Å². The van der Waals surface area contributed by atoms with Gasteiger partial charge in [-0.15, -0.1) is 0 Å². The smallest absolute Gasteiger partial charge is 0.0727 e. The highest BCUT2D eigenvalue weighted by atomic mass is 35.5. The molecule has 1 saturated heterocycles. The van der Waals surface area contributed by atoms with Crippen molar-refractivity contribution in [2.75, 3.05) is 0 Å². The number of nitrogens with one attached hydrogen (secondary N) is 1. The highest BCUT2D eigenvalue weighted by Gasteiger charge is 2.47. The molecule has 2 aliphatic rings. The van der Waals surface area contributed by atoms with Crippen LogP contribution in [0.15, 0.2) is 24.3 Å². The van der Waals surface area contributed by atoms with Crippen molar-refractivity contribution in [1.29, 1.82) is 5.26 Å². The Bertz CT molecular complexity index is 488. The third-order valence-electron chi connectivity index (χ3n) is 4.53. The summed E-state index contributed by atoms with van der Waals surface area (Å²) >= 11 is 6.04. The Hall–Kier alpha value is -1.04. The van der Waals surface area contributed by atoms with Crippen molar-refractivity contribution in [3.8, 4) is 6.07 Å². The lowest BCUT2D eigenvalue weighted by molar-refractivity contribution is 0.152. The van der Waals surface area contributed by atoms with Crippen LogP contribution in [-0.4, -0.2) is 6.04 Å². The van der Waals surface area contributed by atoms with Crippen LogP contribution in [0.5, 0.6) is 0 Å². The number of nitriles is 1. The molecule has 0 spiro atoms. The molecular weight excluding hydrogens is 244 g/mol. The van der Waals surface area contributed by atoms with E-state index >= 15 is 0 Å². The van der Waals surface area contributed by atoms with Gasteiger partial charge in [-0.2, -0.15) is 5.26 Å². The molecule has 1 saturated carbocycles. The zero-order valence-electron chi connectivity index (χ0n) is 10.3. The molecule has 0 radical (unpaired) electrons. The first-order valence-electron chi connectivity index (χ1n) is 6.66. The summed E-state index contributed by atoms with van der Waals surface area (Å²) in [6.45, 7) is 0. The number of benzene rings is 1. The van der Waals surface area contributed by atoms with Crippen molar-refractivity contribution in [1.82, 2.24) is 5.32 Å². The fourth-order valence-electron chi connectivity index (χ4n) is 3.26. The van der Waals surface area contributed by atoms with Crippen LogP contribution in [0.25, 0.3) is 0 Å². The van der Waals surface area contributed by atoms with Gasteiger partial charge in [-0.1, -0.05) is 30.2 Å². The van der Waals surface area contributed by atoms with Crippen LogP contribution in [0.2, 0.25) is 5.02 Å². The molecular formula is C15H17ClN2. The summed E-state index contributed by atoms with van der Waals surface area (Å²) in [6, 6.07) is 11.3. The minimum Gasteiger partial charge on any atom is -0.306 e. The normalized spacial score (nSPS) is 29.6. The first-order chi connectivity index (χ1) is 8.73. The number of nitrogens with zero attached hydrogens (tertiary/aromatic N) is 1. The van der Waals surface area contributed by atoms with Crippen LogP contribution in [0.3, 0.4) is 0 Å². The van der Waals surface area contributed by atoms with E-state index in [1.165, 1.54) is 12.0 Å². The first kappa shape index (κ1) is 12.0. The van der Waals surface area contributed by atoms with Gasteiger partial charge in [-0.05, 0) is 43.4 Å². The zero-order chi connectivity index (χ0) is 12.6. The quantitative estimate of drug-likeness (QED) is 0.877. The van der Waals surface area contributed by atoms with E-state index in [4.69, 9.17) is 11.6 Å². The van der Waals surface area contributed by atoms with E-state index < -0.39 is 0 Å². The molecule has 2 fully saturated rings. The van der Waals surface area contributed by atoms with Crippen molar-refractivity contribution in [2.45, 2.75) is 44.2 Å². The second-order valence-corrected chi connectivity index (χ2v) is 5.96. The molecule has 0 amide bonds. The van der Waals surface area contributed by atoms with Crippen LogP contribution in [-0.2, 0) is 0 Å². The van der Waals surface area contributed by atoms with Gasteiger partial charge >= 0.3 is 0 Å². The first-order valence-corrected chi connectivity index (χ1v) is 7.04. The van der Waals surface area contributed by atoms with Crippen LogP contribution in [0, 0.1) is 16.7 Å². The zero-order valence-corrected chi connectivity index (χ0v) is 11.1. The summed E-state index contributed by atoms with van der Waals surface area (Å²) in [5.74, 6) is 0. The average molecular weight is 261 g/mol. The molecule has 94 valence electrons. The Morgan fingerprint density at radius 1 is 1.33 bits per heavy atom. The van der Waals surface area contributed by atoms with Gasteiger partial charge in [-0.25, -0.2) is 0 Å². The second kappa shape index (κ2) is 4.57. The Morgan fingerprint density at radius 3 is 2.78 bits per heavy atom. The minimum absolute atomic E-state index is 0.0900. The van der Waals surface area contributed by atoms with Crippen molar-refractivity contribution < 1.29 is 0 Å². The summed E-state index contributed by atoms with van der Waals surface area (Å²) in [7, 11) is 0.